The van der Waals surface area contributed by atoms with E-state index in [-0.39, 0.29) is 0 Å². The monoisotopic (exact) mass is 299 g/mol. The predicted octanol–water partition coefficient (Wildman–Crippen LogP) is 3.18. The van der Waals surface area contributed by atoms with Crippen molar-refractivity contribution in [2.24, 2.45) is 0 Å². The van der Waals surface area contributed by atoms with Gasteiger partial charge in [-0.1, -0.05) is 23.7 Å². The van der Waals surface area contributed by atoms with E-state index in [0.29, 0.717) is 16.5 Å². The summed E-state index contributed by atoms with van der Waals surface area (Å²) in [6.07, 6.45) is 0. The zero-order valence-electron chi connectivity index (χ0n) is 11.7. The van der Waals surface area contributed by atoms with Crippen LogP contribution < -0.4 is 5.73 Å². The highest BCUT2D eigenvalue weighted by Gasteiger charge is 2.15. The minimum Gasteiger partial charge on any atom is -0.398 e. The van der Waals surface area contributed by atoms with Crippen molar-refractivity contribution in [1.82, 2.24) is 20.2 Å². The highest BCUT2D eigenvalue weighted by molar-refractivity contribution is 6.31. The summed E-state index contributed by atoms with van der Waals surface area (Å²) in [5.41, 5.74) is 10.5. The van der Waals surface area contributed by atoms with E-state index in [2.05, 4.69) is 21.6 Å². The van der Waals surface area contributed by atoms with Gasteiger partial charge in [-0.2, -0.15) is 4.68 Å². The molecule has 0 saturated carbocycles. The van der Waals surface area contributed by atoms with Crippen LogP contribution in [0.4, 0.5) is 5.69 Å². The summed E-state index contributed by atoms with van der Waals surface area (Å²) in [6.45, 7) is 4.05. The number of rotatable bonds is 2. The molecular weight excluding hydrogens is 286 g/mol. The van der Waals surface area contributed by atoms with Gasteiger partial charge in [0.25, 0.3) is 0 Å². The Labute approximate surface area is 127 Å². The number of hydrogen-bond donors (Lipinski definition) is 1. The summed E-state index contributed by atoms with van der Waals surface area (Å²) in [7, 11) is 0. The molecule has 0 unspecified atom stereocenters. The third-order valence-electron chi connectivity index (χ3n) is 3.32. The number of nitrogen functional groups attached to an aromatic ring is 1. The van der Waals surface area contributed by atoms with E-state index < -0.39 is 0 Å². The average molecular weight is 300 g/mol. The fourth-order valence-corrected chi connectivity index (χ4v) is 2.38. The number of benzene rings is 2. The minimum absolute atomic E-state index is 0.545. The van der Waals surface area contributed by atoms with Crippen LogP contribution in [0.2, 0.25) is 5.02 Å². The summed E-state index contributed by atoms with van der Waals surface area (Å²) >= 11 is 5.94. The first kappa shape index (κ1) is 13.6. The second kappa shape index (κ2) is 5.18. The average Bonchev–Trinajstić information content (AvgIpc) is 2.90. The van der Waals surface area contributed by atoms with Crippen molar-refractivity contribution < 1.29 is 0 Å². The van der Waals surface area contributed by atoms with E-state index in [4.69, 9.17) is 17.3 Å². The lowest BCUT2D eigenvalue weighted by atomic mass is 10.1. The molecule has 0 fully saturated rings. The number of halogens is 1. The van der Waals surface area contributed by atoms with Crippen LogP contribution in [0.25, 0.3) is 17.1 Å². The highest BCUT2D eigenvalue weighted by Crippen LogP contribution is 2.28. The van der Waals surface area contributed by atoms with Crippen LogP contribution in [-0.4, -0.2) is 20.2 Å². The van der Waals surface area contributed by atoms with Crippen LogP contribution in [-0.2, 0) is 0 Å². The van der Waals surface area contributed by atoms with E-state index in [9.17, 15) is 0 Å². The maximum Gasteiger partial charge on any atom is 0.189 e. The molecule has 1 aromatic heterocycles. The molecule has 21 heavy (non-hydrogen) atoms. The Morgan fingerprint density at radius 1 is 1.10 bits per heavy atom. The topological polar surface area (TPSA) is 69.6 Å². The van der Waals surface area contributed by atoms with Gasteiger partial charge in [0.15, 0.2) is 5.82 Å². The predicted molar refractivity (Wildman–Crippen MR) is 83.5 cm³/mol. The molecule has 5 nitrogen and oxygen atoms in total. The van der Waals surface area contributed by atoms with Gasteiger partial charge < -0.3 is 5.73 Å². The third-order valence-corrected chi connectivity index (χ3v) is 3.55. The van der Waals surface area contributed by atoms with Gasteiger partial charge in [0.2, 0.25) is 0 Å². The standard InChI is InChI=1S/C15H14ClN5/c1-9-3-4-10(2)14(7-9)21-15(18-19-20-21)12-6-5-11(16)8-13(12)17/h3-8H,17H2,1-2H3. The van der Waals surface area contributed by atoms with Crippen molar-refractivity contribution in [1.29, 1.82) is 0 Å². The lowest BCUT2D eigenvalue weighted by Crippen LogP contribution is -2.04. The summed E-state index contributed by atoms with van der Waals surface area (Å²) in [5, 5.41) is 12.6. The molecule has 6 heteroatoms. The molecule has 0 aliphatic carbocycles. The van der Waals surface area contributed by atoms with E-state index in [1.165, 1.54) is 0 Å². The molecule has 0 aliphatic rings. The molecule has 0 radical (unpaired) electrons. The molecule has 0 bridgehead atoms. The summed E-state index contributed by atoms with van der Waals surface area (Å²) in [5.74, 6) is 0.595. The summed E-state index contributed by atoms with van der Waals surface area (Å²) in [6, 6.07) is 11.4. The second-order valence-electron chi connectivity index (χ2n) is 4.94. The fourth-order valence-electron chi connectivity index (χ4n) is 2.20. The molecule has 106 valence electrons. The molecule has 0 amide bonds. The summed E-state index contributed by atoms with van der Waals surface area (Å²) < 4.78 is 1.70. The molecule has 3 rings (SSSR count). The van der Waals surface area contributed by atoms with Crippen LogP contribution in [0.1, 0.15) is 11.1 Å². The smallest absolute Gasteiger partial charge is 0.189 e. The van der Waals surface area contributed by atoms with Gasteiger partial charge in [0.1, 0.15) is 0 Å². The quantitative estimate of drug-likeness (QED) is 0.738. The van der Waals surface area contributed by atoms with Gasteiger partial charge in [-0.25, -0.2) is 0 Å². The second-order valence-corrected chi connectivity index (χ2v) is 5.37. The molecule has 0 aliphatic heterocycles. The highest BCUT2D eigenvalue weighted by atomic mass is 35.5. The van der Waals surface area contributed by atoms with Crippen molar-refractivity contribution in [3.8, 4) is 17.1 Å². The molecule has 0 spiro atoms. The van der Waals surface area contributed by atoms with Crippen molar-refractivity contribution in [2.75, 3.05) is 5.73 Å². The molecular formula is C15H14ClN5. The zero-order chi connectivity index (χ0) is 15.0. The van der Waals surface area contributed by atoms with Crippen LogP contribution in [0.5, 0.6) is 0 Å². The number of aromatic nitrogens is 4. The lowest BCUT2D eigenvalue weighted by molar-refractivity contribution is 0.787. The summed E-state index contributed by atoms with van der Waals surface area (Å²) in [4.78, 5) is 0. The Hall–Kier alpha value is -2.40. The maximum atomic E-state index is 6.03. The third kappa shape index (κ3) is 2.48. The van der Waals surface area contributed by atoms with Crippen molar-refractivity contribution in [3.05, 3.63) is 52.5 Å². The number of aryl methyl sites for hydroxylation is 2. The Morgan fingerprint density at radius 3 is 2.67 bits per heavy atom. The van der Waals surface area contributed by atoms with Crippen LogP contribution >= 0.6 is 11.6 Å². The normalized spacial score (nSPS) is 10.8. The van der Waals surface area contributed by atoms with Gasteiger partial charge in [-0.15, -0.1) is 5.10 Å². The molecule has 3 aromatic rings. The van der Waals surface area contributed by atoms with Crippen molar-refractivity contribution >= 4 is 17.3 Å². The number of tetrazole rings is 1. The molecule has 2 N–H and O–H groups in total. The SMILES string of the molecule is Cc1ccc(C)c(-n2nnnc2-c2ccc(Cl)cc2N)c1. The van der Waals surface area contributed by atoms with E-state index in [0.717, 1.165) is 22.4 Å². The minimum atomic E-state index is 0.545. The first-order valence-electron chi connectivity index (χ1n) is 6.47. The molecule has 1 heterocycles. The molecule has 0 atom stereocenters. The van der Waals surface area contributed by atoms with Gasteiger partial charge >= 0.3 is 0 Å². The number of hydrogen-bond acceptors (Lipinski definition) is 4. The van der Waals surface area contributed by atoms with E-state index in [1.807, 2.05) is 32.0 Å². The van der Waals surface area contributed by atoms with E-state index >= 15 is 0 Å². The first-order valence-corrected chi connectivity index (χ1v) is 6.85. The fraction of sp³-hybridized carbons (Fsp3) is 0.133. The van der Waals surface area contributed by atoms with Crippen molar-refractivity contribution in [3.63, 3.8) is 0 Å². The van der Waals surface area contributed by atoms with E-state index in [1.54, 1.807) is 16.8 Å². The van der Waals surface area contributed by atoms with Crippen LogP contribution in [0.3, 0.4) is 0 Å². The lowest BCUT2D eigenvalue weighted by Gasteiger charge is -2.10. The number of nitrogens with two attached hydrogens (primary N) is 1. The maximum absolute atomic E-state index is 6.03. The first-order chi connectivity index (χ1) is 10.1. The van der Waals surface area contributed by atoms with Gasteiger partial charge in [0.05, 0.1) is 5.69 Å². The Bertz CT molecular complexity index is 810. The van der Waals surface area contributed by atoms with Gasteiger partial charge in [-0.05, 0) is 59.7 Å². The zero-order valence-corrected chi connectivity index (χ0v) is 12.5. The molecule has 2 aromatic carbocycles. The Balaban J connectivity index is 2.19. The Kier molecular flexibility index (Phi) is 3.35. The van der Waals surface area contributed by atoms with Crippen LogP contribution in [0.15, 0.2) is 36.4 Å². The largest absolute Gasteiger partial charge is 0.398 e. The van der Waals surface area contributed by atoms with Crippen molar-refractivity contribution in [2.45, 2.75) is 13.8 Å². The Morgan fingerprint density at radius 2 is 1.90 bits per heavy atom. The number of anilines is 1. The molecule has 0 saturated heterocycles. The van der Waals surface area contributed by atoms with Gasteiger partial charge in [-0.3, -0.25) is 0 Å². The van der Waals surface area contributed by atoms with Crippen LogP contribution in [0, 0.1) is 13.8 Å². The van der Waals surface area contributed by atoms with Gasteiger partial charge in [0, 0.05) is 16.3 Å². The number of nitrogens with zero attached hydrogens (tertiary/aromatic N) is 4.